The second kappa shape index (κ2) is 5.07. The van der Waals surface area contributed by atoms with Gasteiger partial charge in [0.1, 0.15) is 23.2 Å². The maximum absolute atomic E-state index is 13.3. The first-order valence-corrected chi connectivity index (χ1v) is 7.33. The maximum atomic E-state index is 13.3. The second-order valence-electron chi connectivity index (χ2n) is 5.59. The highest BCUT2D eigenvalue weighted by atomic mass is 19.1. The summed E-state index contributed by atoms with van der Waals surface area (Å²) in [7, 11) is 0. The molecule has 1 atom stereocenters. The van der Waals surface area contributed by atoms with E-state index in [-0.39, 0.29) is 17.2 Å². The molecule has 0 bridgehead atoms. The number of fused-ring (bicyclic) bond motifs is 2. The van der Waals surface area contributed by atoms with Crippen LogP contribution in [0, 0.1) is 17.1 Å². The number of hydrogen-bond donors (Lipinski definition) is 1. The molecule has 4 nitrogen and oxygen atoms in total. The van der Waals surface area contributed by atoms with Gasteiger partial charge in [-0.25, -0.2) is 4.39 Å². The average molecular weight is 318 g/mol. The number of allylic oxidation sites excluding steroid dienone is 2. The minimum Gasteiger partial charge on any atom is -0.439 e. The van der Waals surface area contributed by atoms with Gasteiger partial charge in [-0.3, -0.25) is 4.79 Å². The number of ketones is 1. The number of nitrogens with zero attached hydrogens (tertiary/aromatic N) is 1. The average Bonchev–Trinajstić information content (AvgIpc) is 2.87. The third-order valence-electron chi connectivity index (χ3n) is 4.28. The molecule has 0 saturated heterocycles. The van der Waals surface area contributed by atoms with Crippen LogP contribution in [0.3, 0.4) is 0 Å². The molecule has 2 aliphatic rings. The molecule has 4 rings (SSSR count). The van der Waals surface area contributed by atoms with Gasteiger partial charge < -0.3 is 10.5 Å². The van der Waals surface area contributed by atoms with Crippen molar-refractivity contribution in [3.8, 4) is 6.07 Å². The van der Waals surface area contributed by atoms with Crippen LogP contribution in [0.2, 0.25) is 0 Å². The highest BCUT2D eigenvalue weighted by Gasteiger charge is 2.42. The molecule has 116 valence electrons. The Morgan fingerprint density at radius 1 is 1.08 bits per heavy atom. The lowest BCUT2D eigenvalue weighted by molar-refractivity contribution is 0.103. The van der Waals surface area contributed by atoms with Crippen molar-refractivity contribution < 1.29 is 13.9 Å². The van der Waals surface area contributed by atoms with Crippen LogP contribution in [0.1, 0.15) is 27.4 Å². The van der Waals surface area contributed by atoms with Crippen molar-refractivity contribution in [3.63, 3.8) is 0 Å². The van der Waals surface area contributed by atoms with Gasteiger partial charge in [-0.1, -0.05) is 36.4 Å². The smallest absolute Gasteiger partial charge is 0.205 e. The second-order valence-corrected chi connectivity index (χ2v) is 5.59. The van der Waals surface area contributed by atoms with E-state index in [1.165, 1.54) is 12.1 Å². The van der Waals surface area contributed by atoms with Crippen molar-refractivity contribution in [2.45, 2.75) is 5.92 Å². The van der Waals surface area contributed by atoms with Gasteiger partial charge in [-0.05, 0) is 17.7 Å². The summed E-state index contributed by atoms with van der Waals surface area (Å²) in [4.78, 5) is 12.9. The predicted molar refractivity (Wildman–Crippen MR) is 84.7 cm³/mol. The molecule has 0 saturated carbocycles. The molecule has 0 fully saturated rings. The number of carbonyl (C=O) groups is 1. The van der Waals surface area contributed by atoms with Crippen molar-refractivity contribution >= 4 is 11.5 Å². The molecule has 2 aromatic carbocycles. The van der Waals surface area contributed by atoms with Crippen LogP contribution < -0.4 is 5.73 Å². The SMILES string of the molecule is N#CC1=C(N)OC2=C(C(=O)c3ccccc32)C1c1ccc(F)cc1. The summed E-state index contributed by atoms with van der Waals surface area (Å²) in [6.45, 7) is 0. The summed E-state index contributed by atoms with van der Waals surface area (Å²) in [6.07, 6.45) is 0. The molecule has 5 heteroatoms. The Bertz CT molecular complexity index is 981. The molecule has 0 amide bonds. The van der Waals surface area contributed by atoms with Crippen molar-refractivity contribution in [2.75, 3.05) is 0 Å². The molecule has 0 spiro atoms. The van der Waals surface area contributed by atoms with Crippen LogP contribution >= 0.6 is 0 Å². The predicted octanol–water partition coefficient (Wildman–Crippen LogP) is 3.24. The molecular formula is C19H11FN2O2. The molecule has 1 unspecified atom stereocenters. The summed E-state index contributed by atoms with van der Waals surface area (Å²) >= 11 is 0. The summed E-state index contributed by atoms with van der Waals surface area (Å²) in [5.74, 6) is -0.914. The van der Waals surface area contributed by atoms with Crippen molar-refractivity contribution in [2.24, 2.45) is 5.73 Å². The third kappa shape index (κ3) is 1.87. The lowest BCUT2D eigenvalue weighted by Crippen LogP contribution is -2.21. The highest BCUT2D eigenvalue weighted by molar-refractivity contribution is 6.21. The van der Waals surface area contributed by atoms with E-state index < -0.39 is 11.7 Å². The number of nitrogens with two attached hydrogens (primary N) is 1. The van der Waals surface area contributed by atoms with Crippen LogP contribution in [0.25, 0.3) is 5.76 Å². The zero-order valence-electron chi connectivity index (χ0n) is 12.4. The number of hydrogen-bond acceptors (Lipinski definition) is 4. The summed E-state index contributed by atoms with van der Waals surface area (Å²) in [5, 5.41) is 9.50. The van der Waals surface area contributed by atoms with Gasteiger partial charge in [0.2, 0.25) is 5.88 Å². The standard InChI is InChI=1S/C19H11FN2O2/c20-11-7-5-10(6-8-11)15-14(9-21)19(22)24-18-13-4-2-1-3-12(13)17(23)16(15)18/h1-8,15H,22H2. The normalized spacial score (nSPS) is 18.8. The Labute approximate surface area is 137 Å². The molecular weight excluding hydrogens is 307 g/mol. The first kappa shape index (κ1) is 14.2. The summed E-state index contributed by atoms with van der Waals surface area (Å²) < 4.78 is 18.9. The van der Waals surface area contributed by atoms with Crippen LogP contribution in [0.5, 0.6) is 0 Å². The number of Topliss-reactive ketones (excluding diaryl/α,β-unsaturated/α-hetero) is 1. The number of carbonyl (C=O) groups excluding carboxylic acids is 1. The van der Waals surface area contributed by atoms with E-state index in [9.17, 15) is 14.4 Å². The number of ether oxygens (including phenoxy) is 1. The Kier molecular flexibility index (Phi) is 3.00. The molecule has 0 radical (unpaired) electrons. The Balaban J connectivity index is 1.95. The molecule has 2 N–H and O–H groups in total. The van der Waals surface area contributed by atoms with E-state index in [1.807, 2.05) is 6.07 Å². The Hall–Kier alpha value is -3.39. The first-order valence-electron chi connectivity index (χ1n) is 7.33. The molecule has 1 aliphatic heterocycles. The van der Waals surface area contributed by atoms with Gasteiger partial charge in [0.25, 0.3) is 0 Å². The number of halogens is 1. The van der Waals surface area contributed by atoms with Gasteiger partial charge in [0.05, 0.1) is 11.5 Å². The summed E-state index contributed by atoms with van der Waals surface area (Å²) in [5.41, 5.74) is 8.24. The molecule has 1 heterocycles. The van der Waals surface area contributed by atoms with E-state index in [1.54, 1.807) is 36.4 Å². The maximum Gasteiger partial charge on any atom is 0.205 e. The van der Waals surface area contributed by atoms with Crippen LogP contribution in [0.4, 0.5) is 4.39 Å². The zero-order valence-corrected chi connectivity index (χ0v) is 12.4. The van der Waals surface area contributed by atoms with Crippen LogP contribution in [0.15, 0.2) is 65.6 Å². The fourth-order valence-corrected chi connectivity index (χ4v) is 3.20. The first-order chi connectivity index (χ1) is 11.6. The zero-order chi connectivity index (χ0) is 16.8. The topological polar surface area (TPSA) is 76.1 Å². The lowest BCUT2D eigenvalue weighted by atomic mass is 9.82. The van der Waals surface area contributed by atoms with Crippen molar-refractivity contribution in [1.29, 1.82) is 5.26 Å². The van der Waals surface area contributed by atoms with E-state index in [0.29, 0.717) is 28.0 Å². The molecule has 1 aliphatic carbocycles. The van der Waals surface area contributed by atoms with E-state index >= 15 is 0 Å². The van der Waals surface area contributed by atoms with E-state index in [4.69, 9.17) is 10.5 Å². The number of nitriles is 1. The largest absolute Gasteiger partial charge is 0.439 e. The fraction of sp³-hybridized carbons (Fsp3) is 0.0526. The van der Waals surface area contributed by atoms with Gasteiger partial charge in [0, 0.05) is 11.1 Å². The van der Waals surface area contributed by atoms with E-state index in [2.05, 4.69) is 0 Å². The summed E-state index contributed by atoms with van der Waals surface area (Å²) in [6, 6.07) is 14.8. The van der Waals surface area contributed by atoms with Crippen LogP contribution in [-0.4, -0.2) is 5.78 Å². The van der Waals surface area contributed by atoms with Crippen molar-refractivity contribution in [3.05, 3.63) is 88.1 Å². The van der Waals surface area contributed by atoms with E-state index in [0.717, 1.165) is 0 Å². The minimum atomic E-state index is -0.667. The van der Waals surface area contributed by atoms with Crippen molar-refractivity contribution in [1.82, 2.24) is 0 Å². The quantitative estimate of drug-likeness (QED) is 0.875. The number of benzene rings is 2. The molecule has 0 aromatic heterocycles. The van der Waals surface area contributed by atoms with Gasteiger partial charge in [0.15, 0.2) is 5.78 Å². The molecule has 24 heavy (non-hydrogen) atoms. The Morgan fingerprint density at radius 2 is 1.75 bits per heavy atom. The van der Waals surface area contributed by atoms with Crippen LogP contribution in [-0.2, 0) is 4.74 Å². The Morgan fingerprint density at radius 3 is 2.42 bits per heavy atom. The third-order valence-corrected chi connectivity index (χ3v) is 4.28. The number of rotatable bonds is 1. The van der Waals surface area contributed by atoms with Gasteiger partial charge in [-0.2, -0.15) is 5.26 Å². The highest BCUT2D eigenvalue weighted by Crippen LogP contribution is 2.47. The lowest BCUT2D eigenvalue weighted by Gasteiger charge is -2.25. The monoisotopic (exact) mass is 318 g/mol. The molecule has 2 aromatic rings. The fourth-order valence-electron chi connectivity index (χ4n) is 3.20. The minimum absolute atomic E-state index is 0.0323. The van der Waals surface area contributed by atoms with Gasteiger partial charge in [-0.15, -0.1) is 0 Å². The van der Waals surface area contributed by atoms with Gasteiger partial charge >= 0.3 is 0 Å².